The van der Waals surface area contributed by atoms with Crippen molar-refractivity contribution in [3.05, 3.63) is 157 Å². The first-order valence-corrected chi connectivity index (χ1v) is 26.0. The van der Waals surface area contributed by atoms with Crippen LogP contribution in [0.15, 0.2) is 152 Å². The van der Waals surface area contributed by atoms with Gasteiger partial charge in [-0.05, 0) is 56.8 Å². The molecule has 0 saturated carbocycles. The molecule has 1 aliphatic heterocycles. The fourth-order valence-electron chi connectivity index (χ4n) is 8.65. The number of rotatable bonds is 14. The van der Waals surface area contributed by atoms with E-state index in [0.29, 0.717) is 5.56 Å². The predicted octanol–water partition coefficient (Wildman–Crippen LogP) is 8.05. The topological polar surface area (TPSA) is 83.5 Å². The minimum absolute atomic E-state index is 0.336. The SMILES string of the molecule is C#C[C@@H](O[C@@H]1O[C@H](C)[C@@H](O[Si](c2ccccc2)(c2ccccc2)C(C)(C)C)[C@H](O[Si](c2ccccc2)(c2ccccc2)C(C)(C)C)[C@H]1I)[C@H](O)[C@@H](C)OC(=O)c1ccccc1. The summed E-state index contributed by atoms with van der Waals surface area (Å²) in [6.07, 6.45) is -0.123. The molecule has 0 aliphatic carbocycles. The molecule has 61 heavy (non-hydrogen) atoms. The number of aliphatic hydroxyl groups is 1. The molecular weight excluding hydrogens is 908 g/mol. The number of halogens is 1. The highest BCUT2D eigenvalue weighted by atomic mass is 127. The lowest BCUT2D eigenvalue weighted by Crippen LogP contribution is -2.74. The highest BCUT2D eigenvalue weighted by Gasteiger charge is 2.60. The van der Waals surface area contributed by atoms with Gasteiger partial charge in [-0.2, -0.15) is 0 Å². The molecule has 0 amide bonds. The number of carbonyl (C=O) groups excluding carboxylic acids is 1. The molecule has 5 aromatic rings. The number of esters is 1. The molecule has 1 heterocycles. The quantitative estimate of drug-likeness (QED) is 0.0397. The summed E-state index contributed by atoms with van der Waals surface area (Å²) in [6.45, 7) is 17.2. The number of hydrogen-bond donors (Lipinski definition) is 1. The van der Waals surface area contributed by atoms with E-state index >= 15 is 0 Å². The molecule has 0 unspecified atom stereocenters. The first-order valence-electron chi connectivity index (χ1n) is 21.0. The molecule has 0 spiro atoms. The maximum absolute atomic E-state index is 13.0. The van der Waals surface area contributed by atoms with Crippen molar-refractivity contribution in [3.63, 3.8) is 0 Å². The lowest BCUT2D eigenvalue weighted by atomic mass is 10.0. The van der Waals surface area contributed by atoms with Crippen molar-refractivity contribution in [1.29, 1.82) is 0 Å². The Kier molecular flexibility index (Phi) is 15.0. The Bertz CT molecular complexity index is 2110. The van der Waals surface area contributed by atoms with Crippen molar-refractivity contribution in [2.75, 3.05) is 0 Å². The van der Waals surface area contributed by atoms with Crippen LogP contribution >= 0.6 is 22.6 Å². The molecule has 1 saturated heterocycles. The zero-order valence-electron chi connectivity index (χ0n) is 36.4. The van der Waals surface area contributed by atoms with E-state index in [0.717, 1.165) is 20.7 Å². The summed E-state index contributed by atoms with van der Waals surface area (Å²) in [5.41, 5.74) is 0.367. The van der Waals surface area contributed by atoms with Crippen molar-refractivity contribution in [2.45, 2.75) is 112 Å². The Labute approximate surface area is 378 Å². The second kappa shape index (κ2) is 19.6. The van der Waals surface area contributed by atoms with Crippen LogP contribution in [0.3, 0.4) is 0 Å². The van der Waals surface area contributed by atoms with Gasteiger partial charge in [-0.15, -0.1) is 6.42 Å². The van der Waals surface area contributed by atoms with Crippen molar-refractivity contribution in [1.82, 2.24) is 0 Å². The predicted molar refractivity (Wildman–Crippen MR) is 258 cm³/mol. The molecular formula is C51H59IO7Si2. The molecule has 8 atom stereocenters. The second-order valence-corrected chi connectivity index (χ2v) is 27.8. The minimum atomic E-state index is -3.23. The first-order chi connectivity index (χ1) is 29.0. The fourth-order valence-corrected chi connectivity index (χ4v) is 19.3. The van der Waals surface area contributed by atoms with Crippen LogP contribution in [-0.4, -0.2) is 74.5 Å². The zero-order valence-corrected chi connectivity index (χ0v) is 40.6. The Hall–Kier alpha value is -3.91. The molecule has 1 N–H and O–H groups in total. The van der Waals surface area contributed by atoms with Crippen molar-refractivity contribution >= 4 is 65.9 Å². The highest BCUT2D eigenvalue weighted by molar-refractivity contribution is 14.1. The Balaban J connectivity index is 1.48. The average molecular weight is 967 g/mol. The van der Waals surface area contributed by atoms with Crippen LogP contribution in [0.1, 0.15) is 65.7 Å². The van der Waals surface area contributed by atoms with Crippen molar-refractivity contribution in [3.8, 4) is 12.3 Å². The molecule has 1 aliphatic rings. The second-order valence-electron chi connectivity index (χ2n) is 17.8. The van der Waals surface area contributed by atoms with Gasteiger partial charge in [0.15, 0.2) is 12.4 Å². The number of aliphatic hydroxyl groups excluding tert-OH is 1. The summed E-state index contributed by atoms with van der Waals surface area (Å²) in [4.78, 5) is 13.0. The van der Waals surface area contributed by atoms with Crippen LogP contribution in [-0.2, 0) is 23.1 Å². The molecule has 10 heteroatoms. The Morgan fingerprint density at radius 1 is 0.672 bits per heavy atom. The number of ether oxygens (including phenoxy) is 3. The first kappa shape index (κ1) is 46.6. The van der Waals surface area contributed by atoms with Crippen molar-refractivity contribution in [2.24, 2.45) is 0 Å². The van der Waals surface area contributed by atoms with Gasteiger partial charge in [-0.25, -0.2) is 4.79 Å². The van der Waals surface area contributed by atoms with Gasteiger partial charge in [0.2, 0.25) is 0 Å². The Morgan fingerprint density at radius 2 is 1.03 bits per heavy atom. The zero-order chi connectivity index (χ0) is 44.0. The van der Waals surface area contributed by atoms with Crippen LogP contribution in [0.5, 0.6) is 0 Å². The summed E-state index contributed by atoms with van der Waals surface area (Å²) < 4.78 is 34.8. The smallest absolute Gasteiger partial charge is 0.338 e. The summed E-state index contributed by atoms with van der Waals surface area (Å²) in [7, 11) is -6.40. The maximum atomic E-state index is 13.0. The van der Waals surface area contributed by atoms with Gasteiger partial charge in [-0.3, -0.25) is 0 Å². The van der Waals surface area contributed by atoms with Crippen LogP contribution in [0, 0.1) is 12.3 Å². The third kappa shape index (κ3) is 9.70. The minimum Gasteiger partial charge on any atom is -0.456 e. The highest BCUT2D eigenvalue weighted by Crippen LogP contribution is 2.45. The summed E-state index contributed by atoms with van der Waals surface area (Å²) in [5.74, 6) is 2.06. The lowest BCUT2D eigenvalue weighted by Gasteiger charge is -2.54. The normalized spacial score (nSPS) is 21.4. The Morgan fingerprint density at radius 3 is 1.39 bits per heavy atom. The van der Waals surface area contributed by atoms with Gasteiger partial charge in [0, 0.05) is 0 Å². The summed E-state index contributed by atoms with van der Waals surface area (Å²) in [6, 6.07) is 51.0. The molecule has 7 nitrogen and oxygen atoms in total. The van der Waals surface area contributed by atoms with E-state index in [9.17, 15) is 9.90 Å². The van der Waals surface area contributed by atoms with E-state index in [-0.39, 0.29) is 10.1 Å². The molecule has 320 valence electrons. The fraction of sp³-hybridized carbons (Fsp3) is 0.353. The number of alkyl halides is 1. The van der Waals surface area contributed by atoms with Crippen LogP contribution in [0.4, 0.5) is 0 Å². The monoisotopic (exact) mass is 966 g/mol. The third-order valence-electron chi connectivity index (χ3n) is 11.7. The molecule has 0 aromatic heterocycles. The average Bonchev–Trinajstić information content (AvgIpc) is 3.26. The molecule has 0 bridgehead atoms. The van der Waals surface area contributed by atoms with E-state index in [1.54, 1.807) is 31.2 Å². The van der Waals surface area contributed by atoms with Gasteiger partial charge in [0.1, 0.15) is 12.2 Å². The lowest BCUT2D eigenvalue weighted by molar-refractivity contribution is -0.251. The molecule has 0 radical (unpaired) electrons. The van der Waals surface area contributed by atoms with Crippen molar-refractivity contribution < 1.29 is 33.0 Å². The third-order valence-corrected chi connectivity index (χ3v) is 23.1. The van der Waals surface area contributed by atoms with Gasteiger partial charge in [-0.1, -0.05) is 210 Å². The maximum Gasteiger partial charge on any atom is 0.338 e. The van der Waals surface area contributed by atoms with Gasteiger partial charge < -0.3 is 28.2 Å². The van der Waals surface area contributed by atoms with E-state index in [1.165, 1.54) is 0 Å². The van der Waals surface area contributed by atoms with E-state index in [4.69, 9.17) is 29.5 Å². The summed E-state index contributed by atoms with van der Waals surface area (Å²) >= 11 is 2.38. The van der Waals surface area contributed by atoms with Gasteiger partial charge in [0.25, 0.3) is 16.6 Å². The standard InChI is InChI=1S/C51H59IO7Si2/c1-10-43(45(53)36(2)55-48(54)38-26-16-11-17-27-38)57-49-44(52)47(59-61(51(7,8)9,41-32-22-14-23-33-41)42-34-24-15-25-35-42)46(37(3)56-49)58-60(50(4,5)6,39-28-18-12-19-29-39)40-30-20-13-21-31-40/h1,11-37,43-47,49,53H,2-9H3/t36-,37-,43-,44-,45-,46-,47-,49+/m1/s1. The largest absolute Gasteiger partial charge is 0.456 e. The van der Waals surface area contributed by atoms with E-state index < -0.39 is 69.4 Å². The number of benzene rings is 5. The summed E-state index contributed by atoms with van der Waals surface area (Å²) in [5, 5.41) is 15.5. The number of terminal acetylenes is 1. The number of carbonyl (C=O) groups is 1. The number of hydrogen-bond acceptors (Lipinski definition) is 7. The van der Waals surface area contributed by atoms with Crippen LogP contribution in [0.25, 0.3) is 0 Å². The van der Waals surface area contributed by atoms with Gasteiger partial charge in [0.05, 0.1) is 27.8 Å². The molecule has 5 aromatic carbocycles. The molecule has 6 rings (SSSR count). The molecule has 1 fully saturated rings. The van der Waals surface area contributed by atoms with Crippen LogP contribution in [0.2, 0.25) is 10.1 Å². The van der Waals surface area contributed by atoms with Crippen LogP contribution < -0.4 is 20.7 Å². The van der Waals surface area contributed by atoms with E-state index in [1.807, 2.05) is 37.3 Å². The van der Waals surface area contributed by atoms with E-state index in [2.05, 4.69) is 167 Å². The van der Waals surface area contributed by atoms with Gasteiger partial charge >= 0.3 is 5.97 Å².